The highest BCUT2D eigenvalue weighted by Crippen LogP contribution is 2.37. The van der Waals surface area contributed by atoms with E-state index in [0.717, 1.165) is 5.56 Å². The van der Waals surface area contributed by atoms with Gasteiger partial charge in [0.15, 0.2) is 16.6 Å². The second-order valence-electron chi connectivity index (χ2n) is 5.31. The number of esters is 1. The van der Waals surface area contributed by atoms with E-state index in [0.29, 0.717) is 28.3 Å². The highest BCUT2D eigenvalue weighted by molar-refractivity contribution is 9.10. The monoisotopic (exact) mass is 442 g/mol. The van der Waals surface area contributed by atoms with E-state index in [1.807, 2.05) is 13.0 Å². The number of benzene rings is 1. The Labute approximate surface area is 165 Å². The average molecular weight is 443 g/mol. The predicted octanol–water partition coefficient (Wildman–Crippen LogP) is 2.43. The molecule has 0 atom stereocenters. The van der Waals surface area contributed by atoms with Gasteiger partial charge in [-0.15, -0.1) is 0 Å². The number of thiocarbonyl (C=S) groups is 1. The molecule has 1 amide bonds. The van der Waals surface area contributed by atoms with Gasteiger partial charge in [0.1, 0.15) is 12.2 Å². The number of likely N-dealkylation sites (N-methyl/N-ethyl adjacent to an activating group) is 1. The average Bonchev–Trinajstić information content (AvgIpc) is 2.81. The van der Waals surface area contributed by atoms with Crippen LogP contribution in [0.25, 0.3) is 6.08 Å². The van der Waals surface area contributed by atoms with Gasteiger partial charge >= 0.3 is 5.97 Å². The van der Waals surface area contributed by atoms with Gasteiger partial charge in [0.05, 0.1) is 25.3 Å². The number of ether oxygens (including phenoxy) is 3. The molecule has 0 aliphatic carbocycles. The van der Waals surface area contributed by atoms with Crippen molar-refractivity contribution in [3.05, 3.63) is 27.9 Å². The first kappa shape index (κ1) is 20.2. The number of nitrogens with zero attached hydrogens (tertiary/aromatic N) is 2. The second-order valence-corrected chi connectivity index (χ2v) is 6.53. The quantitative estimate of drug-likeness (QED) is 0.380. The molecular weight excluding hydrogens is 424 g/mol. The minimum Gasteiger partial charge on any atom is -0.493 e. The molecule has 26 heavy (non-hydrogen) atoms. The second kappa shape index (κ2) is 8.50. The smallest absolute Gasteiger partial charge is 0.325 e. The summed E-state index contributed by atoms with van der Waals surface area (Å²) in [5, 5.41) is 0.239. The van der Waals surface area contributed by atoms with Gasteiger partial charge in [-0.1, -0.05) is 0 Å². The van der Waals surface area contributed by atoms with Crippen LogP contribution in [0, 0.1) is 0 Å². The highest BCUT2D eigenvalue weighted by Gasteiger charge is 2.37. The van der Waals surface area contributed by atoms with Gasteiger partial charge in [0.2, 0.25) is 0 Å². The van der Waals surface area contributed by atoms with Crippen molar-refractivity contribution in [3.63, 3.8) is 0 Å². The minimum atomic E-state index is -0.541. The fraction of sp³-hybridized carbons (Fsp3) is 0.353. The first-order valence-corrected chi connectivity index (χ1v) is 8.92. The van der Waals surface area contributed by atoms with Crippen LogP contribution in [0.2, 0.25) is 0 Å². The molecule has 2 rings (SSSR count). The van der Waals surface area contributed by atoms with Gasteiger partial charge in [0.25, 0.3) is 5.91 Å². The third-order valence-corrected chi connectivity index (χ3v) is 4.79. The van der Waals surface area contributed by atoms with E-state index in [4.69, 9.17) is 21.7 Å². The molecule has 1 aromatic carbocycles. The van der Waals surface area contributed by atoms with Gasteiger partial charge in [-0.25, -0.2) is 0 Å². The van der Waals surface area contributed by atoms with Gasteiger partial charge in [-0.05, 0) is 58.8 Å². The Morgan fingerprint density at radius 3 is 2.62 bits per heavy atom. The van der Waals surface area contributed by atoms with Crippen molar-refractivity contribution in [3.8, 4) is 11.5 Å². The predicted molar refractivity (Wildman–Crippen MR) is 104 cm³/mol. The van der Waals surface area contributed by atoms with Crippen molar-refractivity contribution in [1.29, 1.82) is 0 Å². The Hall–Kier alpha value is -2.13. The van der Waals surface area contributed by atoms with Crippen LogP contribution in [0.1, 0.15) is 12.5 Å². The van der Waals surface area contributed by atoms with E-state index in [1.165, 1.54) is 12.0 Å². The number of hydrogen-bond donors (Lipinski definition) is 0. The summed E-state index contributed by atoms with van der Waals surface area (Å²) in [7, 11) is 4.47. The molecule has 0 N–H and O–H groups in total. The number of halogens is 1. The standard InChI is InChI=1S/C17H19BrN2O5S/c1-5-25-15-11(18)6-10(8-13(15)23-3)7-12-16(22)20(9-14(21)24-4)17(26)19(12)2/h6-8H,5,9H2,1-4H3/b12-7-. The van der Waals surface area contributed by atoms with Crippen molar-refractivity contribution in [2.45, 2.75) is 6.92 Å². The fourth-order valence-corrected chi connectivity index (χ4v) is 3.23. The lowest BCUT2D eigenvalue weighted by atomic mass is 10.1. The van der Waals surface area contributed by atoms with Crippen LogP contribution in [-0.4, -0.2) is 61.2 Å². The molecule has 1 aromatic rings. The molecular formula is C17H19BrN2O5S. The summed E-state index contributed by atoms with van der Waals surface area (Å²) in [5.74, 6) is 0.217. The van der Waals surface area contributed by atoms with E-state index in [2.05, 4.69) is 20.7 Å². The number of carbonyl (C=O) groups is 2. The van der Waals surface area contributed by atoms with Gasteiger partial charge in [-0.2, -0.15) is 0 Å². The third kappa shape index (κ3) is 3.99. The molecule has 0 aromatic heterocycles. The topological polar surface area (TPSA) is 68.3 Å². The SMILES string of the molecule is CCOc1c(Br)cc(/C=C2/C(=O)N(CC(=O)OC)C(=S)N2C)cc1OC. The molecule has 0 bridgehead atoms. The number of rotatable bonds is 6. The number of hydrogen-bond acceptors (Lipinski definition) is 6. The Morgan fingerprint density at radius 1 is 1.35 bits per heavy atom. The number of carbonyl (C=O) groups excluding carboxylic acids is 2. The van der Waals surface area contributed by atoms with E-state index in [9.17, 15) is 9.59 Å². The normalized spacial score (nSPS) is 15.7. The maximum absolute atomic E-state index is 12.6. The Balaban J connectivity index is 2.40. The van der Waals surface area contributed by atoms with Crippen molar-refractivity contribution in [2.24, 2.45) is 0 Å². The molecule has 7 nitrogen and oxygen atoms in total. The lowest BCUT2D eigenvalue weighted by Crippen LogP contribution is -2.36. The lowest BCUT2D eigenvalue weighted by Gasteiger charge is -2.15. The Bertz CT molecular complexity index is 781. The van der Waals surface area contributed by atoms with Crippen LogP contribution in [0.3, 0.4) is 0 Å². The first-order valence-electron chi connectivity index (χ1n) is 7.72. The molecule has 1 aliphatic heterocycles. The third-order valence-electron chi connectivity index (χ3n) is 3.70. The zero-order chi connectivity index (χ0) is 19.4. The highest BCUT2D eigenvalue weighted by atomic mass is 79.9. The lowest BCUT2D eigenvalue weighted by molar-refractivity contribution is -0.143. The largest absolute Gasteiger partial charge is 0.493 e. The van der Waals surface area contributed by atoms with Gasteiger partial charge in [-0.3, -0.25) is 14.5 Å². The van der Waals surface area contributed by atoms with E-state index in [1.54, 1.807) is 31.2 Å². The summed E-state index contributed by atoms with van der Waals surface area (Å²) < 4.78 is 16.2. The molecule has 1 fully saturated rings. The molecule has 1 saturated heterocycles. The fourth-order valence-electron chi connectivity index (χ4n) is 2.41. The van der Waals surface area contributed by atoms with Gasteiger partial charge in [0, 0.05) is 7.05 Å². The van der Waals surface area contributed by atoms with Crippen molar-refractivity contribution in [2.75, 3.05) is 34.4 Å². The molecule has 0 radical (unpaired) electrons. The molecule has 140 valence electrons. The molecule has 1 heterocycles. The summed E-state index contributed by atoms with van der Waals surface area (Å²) in [5.41, 5.74) is 1.06. The Kier molecular flexibility index (Phi) is 6.60. The zero-order valence-electron chi connectivity index (χ0n) is 14.9. The Morgan fingerprint density at radius 2 is 2.04 bits per heavy atom. The summed E-state index contributed by atoms with van der Waals surface area (Å²) in [4.78, 5) is 26.9. The van der Waals surface area contributed by atoms with Crippen LogP contribution >= 0.6 is 28.1 Å². The molecule has 0 unspecified atom stereocenters. The van der Waals surface area contributed by atoms with Crippen LogP contribution in [0.4, 0.5) is 0 Å². The summed E-state index contributed by atoms with van der Waals surface area (Å²) in [6.07, 6.45) is 1.68. The number of amides is 1. The van der Waals surface area contributed by atoms with E-state index in [-0.39, 0.29) is 17.6 Å². The summed E-state index contributed by atoms with van der Waals surface area (Å²) >= 11 is 8.71. The zero-order valence-corrected chi connectivity index (χ0v) is 17.3. The number of methoxy groups -OCH3 is 2. The van der Waals surface area contributed by atoms with Crippen LogP contribution < -0.4 is 9.47 Å². The molecule has 1 aliphatic rings. The maximum atomic E-state index is 12.6. The molecule has 0 spiro atoms. The van der Waals surface area contributed by atoms with Crippen molar-refractivity contribution >= 4 is 51.2 Å². The van der Waals surface area contributed by atoms with Crippen molar-refractivity contribution < 1.29 is 23.8 Å². The molecule has 0 saturated carbocycles. The van der Waals surface area contributed by atoms with E-state index < -0.39 is 5.97 Å². The van der Waals surface area contributed by atoms with Crippen molar-refractivity contribution in [1.82, 2.24) is 9.80 Å². The van der Waals surface area contributed by atoms with Crippen LogP contribution in [0.15, 0.2) is 22.3 Å². The van der Waals surface area contributed by atoms with Gasteiger partial charge < -0.3 is 19.1 Å². The van der Waals surface area contributed by atoms with Crippen LogP contribution in [0.5, 0.6) is 11.5 Å². The first-order chi connectivity index (χ1) is 12.3. The maximum Gasteiger partial charge on any atom is 0.325 e. The minimum absolute atomic E-state index is 0.230. The van der Waals surface area contributed by atoms with E-state index >= 15 is 0 Å². The van der Waals surface area contributed by atoms with Crippen LogP contribution in [-0.2, 0) is 14.3 Å². The summed E-state index contributed by atoms with van der Waals surface area (Å²) in [6.45, 7) is 2.14. The summed E-state index contributed by atoms with van der Waals surface area (Å²) in [6, 6.07) is 3.57. The molecule has 9 heteroatoms.